The highest BCUT2D eigenvalue weighted by atomic mass is 28.3. The summed E-state index contributed by atoms with van der Waals surface area (Å²) >= 11 is 0. The van der Waals surface area contributed by atoms with Crippen molar-refractivity contribution in [3.8, 4) is 0 Å². The lowest BCUT2D eigenvalue weighted by molar-refractivity contribution is -0.380. The van der Waals surface area contributed by atoms with E-state index in [9.17, 15) is 0 Å². The summed E-state index contributed by atoms with van der Waals surface area (Å²) < 4.78 is 23.8. The van der Waals surface area contributed by atoms with E-state index in [0.717, 1.165) is 0 Å². The lowest BCUT2D eigenvalue weighted by atomic mass is 11.2. The first kappa shape index (κ1) is 17.7. The number of rotatable bonds is 8. The van der Waals surface area contributed by atoms with Crippen LogP contribution in [-0.2, 0) is 17.7 Å². The standard InChI is InChI=1S/C9H28O4Si4/c1-14(2)10-9(11-15(3)4,12-16(5)6)13-17(7)8/h14-17H,1-8H3. The lowest BCUT2D eigenvalue weighted by Gasteiger charge is -2.38. The van der Waals surface area contributed by atoms with Crippen LogP contribution in [0.5, 0.6) is 0 Å². The van der Waals surface area contributed by atoms with Gasteiger partial charge in [0.05, 0.1) is 0 Å². The summed E-state index contributed by atoms with van der Waals surface area (Å²) in [5, 5.41) is 0. The molecule has 0 bridgehead atoms. The topological polar surface area (TPSA) is 36.9 Å². The van der Waals surface area contributed by atoms with Gasteiger partial charge in [0.1, 0.15) is 0 Å². The average Bonchev–Trinajstić information content (AvgIpc) is 1.95. The molecule has 0 heterocycles. The second-order valence-electron chi connectivity index (χ2n) is 5.17. The predicted octanol–water partition coefficient (Wildman–Crippen LogP) is 1.60. The monoisotopic (exact) mass is 312 g/mol. The predicted molar refractivity (Wildman–Crippen MR) is 82.6 cm³/mol. The summed E-state index contributed by atoms with van der Waals surface area (Å²) in [4.78, 5) is 0. The van der Waals surface area contributed by atoms with Gasteiger partial charge in [-0.2, -0.15) is 0 Å². The van der Waals surface area contributed by atoms with E-state index in [2.05, 4.69) is 52.4 Å². The highest BCUT2D eigenvalue weighted by Gasteiger charge is 2.38. The quantitative estimate of drug-likeness (QED) is 0.504. The molecule has 0 saturated heterocycles. The van der Waals surface area contributed by atoms with Crippen LogP contribution in [0.25, 0.3) is 0 Å². The fraction of sp³-hybridized carbons (Fsp3) is 1.00. The zero-order valence-electron chi connectivity index (χ0n) is 12.4. The van der Waals surface area contributed by atoms with E-state index in [-0.39, 0.29) is 0 Å². The smallest absolute Gasteiger partial charge is 0.351 e. The van der Waals surface area contributed by atoms with Crippen molar-refractivity contribution in [2.24, 2.45) is 0 Å². The minimum atomic E-state index is -1.28. The molecule has 0 fully saturated rings. The van der Waals surface area contributed by atoms with Crippen molar-refractivity contribution in [1.29, 1.82) is 0 Å². The van der Waals surface area contributed by atoms with Crippen LogP contribution in [0, 0.1) is 0 Å². The minimum absolute atomic E-state index is 1.17. The summed E-state index contributed by atoms with van der Waals surface area (Å²) in [6, 6.07) is 0. The van der Waals surface area contributed by atoms with Gasteiger partial charge in [0.2, 0.25) is 0 Å². The third-order valence-corrected chi connectivity index (χ3v) is 4.56. The Kier molecular flexibility index (Phi) is 8.33. The fourth-order valence-electron chi connectivity index (χ4n) is 1.32. The Morgan fingerprint density at radius 3 is 0.765 bits per heavy atom. The zero-order valence-corrected chi connectivity index (χ0v) is 17.1. The molecule has 17 heavy (non-hydrogen) atoms. The molecule has 0 atom stereocenters. The minimum Gasteiger partial charge on any atom is -0.351 e. The van der Waals surface area contributed by atoms with Gasteiger partial charge in [-0.1, -0.05) is 0 Å². The van der Waals surface area contributed by atoms with E-state index < -0.39 is 42.3 Å². The van der Waals surface area contributed by atoms with Crippen molar-refractivity contribution in [2.75, 3.05) is 0 Å². The highest BCUT2D eigenvalue weighted by molar-refractivity contribution is 6.52. The Hall–Kier alpha value is 0.708. The van der Waals surface area contributed by atoms with Gasteiger partial charge in [0, 0.05) is 0 Å². The normalized spacial score (nSPS) is 13.4. The molecule has 4 nitrogen and oxygen atoms in total. The largest absolute Gasteiger partial charge is 0.372 e. The third kappa shape index (κ3) is 8.43. The lowest BCUT2D eigenvalue weighted by Crippen LogP contribution is -2.51. The van der Waals surface area contributed by atoms with Gasteiger partial charge in [-0.05, 0) is 52.4 Å². The zero-order chi connectivity index (χ0) is 13.6. The summed E-state index contributed by atoms with van der Waals surface area (Å²) in [6.07, 6.45) is -1.17. The van der Waals surface area contributed by atoms with Crippen molar-refractivity contribution in [1.82, 2.24) is 0 Å². The molecular weight excluding hydrogens is 284 g/mol. The molecule has 0 unspecified atom stereocenters. The van der Waals surface area contributed by atoms with E-state index in [1.165, 1.54) is 0 Å². The Morgan fingerprint density at radius 2 is 0.647 bits per heavy atom. The van der Waals surface area contributed by atoms with Gasteiger partial charge < -0.3 is 17.7 Å². The SMILES string of the molecule is C[SiH](C)OC(O[SiH](C)C)(O[SiH](C)C)O[SiH](C)C. The molecule has 104 valence electrons. The van der Waals surface area contributed by atoms with E-state index in [1.54, 1.807) is 0 Å². The van der Waals surface area contributed by atoms with Gasteiger partial charge in [0.15, 0.2) is 36.2 Å². The third-order valence-electron chi connectivity index (χ3n) is 1.52. The Morgan fingerprint density at radius 1 is 0.471 bits per heavy atom. The van der Waals surface area contributed by atoms with Crippen molar-refractivity contribution in [3.63, 3.8) is 0 Å². The first-order valence-electron chi connectivity index (χ1n) is 6.38. The van der Waals surface area contributed by atoms with Gasteiger partial charge >= 0.3 is 6.16 Å². The first-order valence-corrected chi connectivity index (χ1v) is 17.5. The van der Waals surface area contributed by atoms with Crippen LogP contribution >= 0.6 is 0 Å². The highest BCUT2D eigenvalue weighted by Crippen LogP contribution is 2.22. The second kappa shape index (κ2) is 7.99. The van der Waals surface area contributed by atoms with Crippen molar-refractivity contribution < 1.29 is 17.7 Å². The van der Waals surface area contributed by atoms with Gasteiger partial charge in [0.25, 0.3) is 0 Å². The molecule has 0 rings (SSSR count). The Bertz CT molecular complexity index is 166. The van der Waals surface area contributed by atoms with Crippen LogP contribution in [0.15, 0.2) is 0 Å². The van der Waals surface area contributed by atoms with Crippen molar-refractivity contribution in [3.05, 3.63) is 0 Å². The molecule has 0 aromatic heterocycles. The molecule has 0 aromatic carbocycles. The summed E-state index contributed by atoms with van der Waals surface area (Å²) in [5.41, 5.74) is 0. The molecule has 0 spiro atoms. The fourth-order valence-corrected chi connectivity index (χ4v) is 4.96. The molecule has 0 N–H and O–H groups in total. The van der Waals surface area contributed by atoms with Crippen LogP contribution in [0.3, 0.4) is 0 Å². The molecule has 0 aromatic rings. The van der Waals surface area contributed by atoms with Crippen molar-refractivity contribution in [2.45, 2.75) is 58.5 Å². The van der Waals surface area contributed by atoms with Crippen LogP contribution < -0.4 is 0 Å². The molecular formula is C9H28O4Si4. The Labute approximate surface area is 113 Å². The molecule has 8 heteroatoms. The number of hydrogen-bond acceptors (Lipinski definition) is 4. The summed E-state index contributed by atoms with van der Waals surface area (Å²) in [5.74, 6) is 0. The van der Waals surface area contributed by atoms with Gasteiger partial charge in [-0.15, -0.1) is 0 Å². The van der Waals surface area contributed by atoms with Crippen LogP contribution in [0.4, 0.5) is 0 Å². The molecule has 0 aliphatic carbocycles. The summed E-state index contributed by atoms with van der Waals surface area (Å²) in [7, 11) is -5.12. The van der Waals surface area contributed by atoms with E-state index in [1.807, 2.05) is 0 Å². The maximum Gasteiger partial charge on any atom is 0.372 e. The maximum atomic E-state index is 5.95. The molecule has 0 amide bonds. The molecule has 0 aliphatic rings. The number of hydrogen-bond donors (Lipinski definition) is 0. The van der Waals surface area contributed by atoms with Crippen LogP contribution in [0.1, 0.15) is 0 Å². The molecule has 0 radical (unpaired) electrons. The van der Waals surface area contributed by atoms with E-state index in [0.29, 0.717) is 0 Å². The average molecular weight is 313 g/mol. The van der Waals surface area contributed by atoms with Gasteiger partial charge in [-0.25, -0.2) is 0 Å². The van der Waals surface area contributed by atoms with Crippen LogP contribution in [0.2, 0.25) is 52.4 Å². The first-order chi connectivity index (χ1) is 7.67. The maximum absolute atomic E-state index is 5.95. The van der Waals surface area contributed by atoms with Crippen LogP contribution in [-0.4, -0.2) is 42.3 Å². The van der Waals surface area contributed by atoms with E-state index >= 15 is 0 Å². The van der Waals surface area contributed by atoms with Crippen molar-refractivity contribution >= 4 is 36.2 Å². The van der Waals surface area contributed by atoms with Gasteiger partial charge in [-0.3, -0.25) is 0 Å². The molecule has 0 aliphatic heterocycles. The summed E-state index contributed by atoms with van der Waals surface area (Å²) in [6.45, 7) is 16.9. The van der Waals surface area contributed by atoms with E-state index in [4.69, 9.17) is 17.7 Å². The Balaban J connectivity index is 4.89. The molecule has 0 saturated carbocycles. The second-order valence-corrected chi connectivity index (χ2v) is 14.5.